The first-order chi connectivity index (χ1) is 18.2. The molecule has 0 spiro atoms. The maximum absolute atomic E-state index is 13.3. The Morgan fingerprint density at radius 3 is 2.63 bits per heavy atom. The van der Waals surface area contributed by atoms with Gasteiger partial charge in [-0.1, -0.05) is 23.7 Å². The van der Waals surface area contributed by atoms with Gasteiger partial charge in [0, 0.05) is 23.2 Å². The quantitative estimate of drug-likeness (QED) is 0.288. The predicted octanol–water partition coefficient (Wildman–Crippen LogP) is 4.32. The highest BCUT2D eigenvalue weighted by Gasteiger charge is 2.22. The maximum Gasteiger partial charge on any atom is 0.263 e. The molecule has 0 atom stereocenters. The number of likely N-dealkylation sites (N-methyl/N-ethyl adjacent to an activating group) is 1. The number of halogens is 1. The number of ether oxygens (including phenoxy) is 3. The normalized spacial score (nSPS) is 11.5. The van der Waals surface area contributed by atoms with Gasteiger partial charge in [0.05, 0.1) is 12.0 Å². The van der Waals surface area contributed by atoms with Gasteiger partial charge in [-0.05, 0) is 62.5 Å². The highest BCUT2D eigenvalue weighted by atomic mass is 35.5. The third-order valence-corrected chi connectivity index (χ3v) is 7.51. The van der Waals surface area contributed by atoms with Gasteiger partial charge < -0.3 is 19.1 Å². The molecule has 0 saturated carbocycles. The molecule has 0 unspecified atom stereocenters. The average molecular weight is 558 g/mol. The summed E-state index contributed by atoms with van der Waals surface area (Å²) in [7, 11) is 1.47. The van der Waals surface area contributed by atoms with Gasteiger partial charge in [0.25, 0.3) is 10.0 Å². The van der Waals surface area contributed by atoms with Crippen molar-refractivity contribution in [1.82, 2.24) is 19.9 Å². The molecule has 4 rings (SSSR count). The number of pyridine rings is 1. The van der Waals surface area contributed by atoms with Crippen LogP contribution in [0.2, 0.25) is 5.02 Å². The number of benzene rings is 2. The lowest BCUT2D eigenvalue weighted by atomic mass is 10.2. The number of nitrogens with zero attached hydrogens (tertiary/aromatic N) is 4. The van der Waals surface area contributed by atoms with Crippen LogP contribution in [0.4, 0.5) is 5.82 Å². The summed E-state index contributed by atoms with van der Waals surface area (Å²) >= 11 is 6.16. The minimum atomic E-state index is -4.03. The minimum absolute atomic E-state index is 0.00783. The number of sulfonamides is 1. The molecule has 0 aliphatic heterocycles. The largest absolute Gasteiger partial charge is 0.493 e. The lowest BCUT2D eigenvalue weighted by molar-refractivity contribution is 0.249. The molecule has 4 aromatic rings. The van der Waals surface area contributed by atoms with E-state index >= 15 is 0 Å². The third kappa shape index (κ3) is 6.42. The first kappa shape index (κ1) is 27.4. The van der Waals surface area contributed by atoms with Crippen molar-refractivity contribution in [3.8, 4) is 17.2 Å². The molecular weight excluding hydrogens is 530 g/mol. The Hall–Kier alpha value is -3.67. The number of rotatable bonds is 11. The van der Waals surface area contributed by atoms with Crippen LogP contribution in [0.3, 0.4) is 0 Å². The molecule has 0 radical (unpaired) electrons. The zero-order chi connectivity index (χ0) is 27.3. The third-order valence-electron chi connectivity index (χ3n) is 5.61. The second-order valence-electron chi connectivity index (χ2n) is 8.66. The summed E-state index contributed by atoms with van der Waals surface area (Å²) in [5.41, 5.74) is 1.52. The van der Waals surface area contributed by atoms with Crippen LogP contribution in [0.1, 0.15) is 11.1 Å². The standard InChI is InChI=1S/C26H28ClN5O5S/c1-17-20(27)6-5-7-24(17)38(33,34)31-26-23(13-19-14-28-16-29-25(19)30-26)37-15-18-8-9-21(35-4)22(12-18)36-11-10-32(2)3/h5-9,12-14,16H,10-11,15H2,1-4H3,(H,28,29,30,31). The van der Waals surface area contributed by atoms with Gasteiger partial charge in [0.15, 0.2) is 28.7 Å². The van der Waals surface area contributed by atoms with Crippen LogP contribution in [-0.4, -0.2) is 62.6 Å². The van der Waals surface area contributed by atoms with Crippen molar-refractivity contribution in [3.63, 3.8) is 0 Å². The van der Waals surface area contributed by atoms with Crippen molar-refractivity contribution in [2.75, 3.05) is 39.1 Å². The molecule has 2 heterocycles. The van der Waals surface area contributed by atoms with E-state index < -0.39 is 10.0 Å². The summed E-state index contributed by atoms with van der Waals surface area (Å²) < 4.78 is 46.4. The van der Waals surface area contributed by atoms with Crippen LogP contribution in [0.25, 0.3) is 11.0 Å². The number of fused-ring (bicyclic) bond motifs is 1. The SMILES string of the molecule is COc1ccc(COc2cc3cncnc3nc2NS(=O)(=O)c2cccc(Cl)c2C)cc1OCCN(C)C. The summed E-state index contributed by atoms with van der Waals surface area (Å²) in [5.74, 6) is 1.38. The van der Waals surface area contributed by atoms with Crippen LogP contribution in [0, 0.1) is 6.92 Å². The highest BCUT2D eigenvalue weighted by molar-refractivity contribution is 7.92. The van der Waals surface area contributed by atoms with Crippen LogP contribution in [-0.2, 0) is 16.6 Å². The Labute approximate surface area is 226 Å². The Morgan fingerprint density at radius 1 is 1.05 bits per heavy atom. The molecule has 0 aliphatic rings. The number of hydrogen-bond acceptors (Lipinski definition) is 9. The van der Waals surface area contributed by atoms with Crippen molar-refractivity contribution in [3.05, 3.63) is 71.1 Å². The predicted molar refractivity (Wildman–Crippen MR) is 146 cm³/mol. The number of anilines is 1. The second kappa shape index (κ2) is 11.8. The number of methoxy groups -OCH3 is 1. The van der Waals surface area contributed by atoms with E-state index in [1.54, 1.807) is 44.5 Å². The number of hydrogen-bond donors (Lipinski definition) is 1. The van der Waals surface area contributed by atoms with Gasteiger partial charge in [0.1, 0.15) is 19.5 Å². The van der Waals surface area contributed by atoms with Gasteiger partial charge in [-0.25, -0.2) is 23.4 Å². The smallest absolute Gasteiger partial charge is 0.263 e. The van der Waals surface area contributed by atoms with Crippen molar-refractivity contribution in [2.24, 2.45) is 0 Å². The fourth-order valence-electron chi connectivity index (χ4n) is 3.57. The molecule has 0 fully saturated rings. The summed E-state index contributed by atoms with van der Waals surface area (Å²) in [6, 6.07) is 11.8. The molecule has 2 aromatic heterocycles. The molecular formula is C26H28ClN5O5S. The molecule has 0 bridgehead atoms. The first-order valence-electron chi connectivity index (χ1n) is 11.6. The minimum Gasteiger partial charge on any atom is -0.493 e. The van der Waals surface area contributed by atoms with Crippen LogP contribution < -0.4 is 18.9 Å². The molecule has 12 heteroatoms. The van der Waals surface area contributed by atoms with E-state index in [0.29, 0.717) is 39.7 Å². The Morgan fingerprint density at radius 2 is 1.87 bits per heavy atom. The molecule has 200 valence electrons. The van der Waals surface area contributed by atoms with Crippen molar-refractivity contribution in [2.45, 2.75) is 18.4 Å². The van der Waals surface area contributed by atoms with E-state index in [1.165, 1.54) is 12.4 Å². The van der Waals surface area contributed by atoms with E-state index in [-0.39, 0.29) is 23.1 Å². The summed E-state index contributed by atoms with van der Waals surface area (Å²) in [4.78, 5) is 14.6. The Bertz CT molecular complexity index is 1550. The maximum atomic E-state index is 13.3. The van der Waals surface area contributed by atoms with Gasteiger partial charge in [-0.15, -0.1) is 0 Å². The summed E-state index contributed by atoms with van der Waals surface area (Å²) in [5, 5.41) is 0.929. The monoisotopic (exact) mass is 557 g/mol. The van der Waals surface area contributed by atoms with E-state index in [9.17, 15) is 8.42 Å². The molecule has 0 amide bonds. The zero-order valence-electron chi connectivity index (χ0n) is 21.4. The van der Waals surface area contributed by atoms with Crippen LogP contribution in [0.5, 0.6) is 17.2 Å². The fourth-order valence-corrected chi connectivity index (χ4v) is 5.08. The molecule has 1 N–H and O–H groups in total. The van der Waals surface area contributed by atoms with E-state index in [0.717, 1.165) is 12.1 Å². The molecule has 0 aliphatic carbocycles. The number of nitrogens with one attached hydrogen (secondary N) is 1. The Kier molecular flexibility index (Phi) is 8.50. The first-order valence-corrected chi connectivity index (χ1v) is 13.5. The molecule has 38 heavy (non-hydrogen) atoms. The van der Waals surface area contributed by atoms with E-state index in [1.807, 2.05) is 31.1 Å². The Balaban J connectivity index is 1.63. The molecule has 0 saturated heterocycles. The second-order valence-corrected chi connectivity index (χ2v) is 10.7. The van der Waals surface area contributed by atoms with Gasteiger partial charge in [0.2, 0.25) is 0 Å². The van der Waals surface area contributed by atoms with Crippen LogP contribution >= 0.6 is 11.6 Å². The molecule has 10 nitrogen and oxygen atoms in total. The van der Waals surface area contributed by atoms with Crippen molar-refractivity contribution < 1.29 is 22.6 Å². The average Bonchev–Trinajstić information content (AvgIpc) is 2.88. The number of aromatic nitrogens is 3. The van der Waals surface area contributed by atoms with Gasteiger partial charge >= 0.3 is 0 Å². The van der Waals surface area contributed by atoms with Crippen LogP contribution in [0.15, 0.2) is 59.9 Å². The van der Waals surface area contributed by atoms with E-state index in [4.69, 9.17) is 25.8 Å². The topological polar surface area (TPSA) is 116 Å². The van der Waals surface area contributed by atoms with E-state index in [2.05, 4.69) is 19.7 Å². The summed E-state index contributed by atoms with van der Waals surface area (Å²) in [6.45, 7) is 2.97. The molecule has 2 aromatic carbocycles. The summed E-state index contributed by atoms with van der Waals surface area (Å²) in [6.07, 6.45) is 2.91. The highest BCUT2D eigenvalue weighted by Crippen LogP contribution is 2.32. The van der Waals surface area contributed by atoms with Gasteiger partial charge in [-0.2, -0.15) is 0 Å². The van der Waals surface area contributed by atoms with Gasteiger partial charge in [-0.3, -0.25) is 4.72 Å². The van der Waals surface area contributed by atoms with Crippen molar-refractivity contribution in [1.29, 1.82) is 0 Å². The van der Waals surface area contributed by atoms with Crippen molar-refractivity contribution >= 4 is 38.5 Å². The zero-order valence-corrected chi connectivity index (χ0v) is 23.0. The lowest BCUT2D eigenvalue weighted by Gasteiger charge is -2.16. The lowest BCUT2D eigenvalue weighted by Crippen LogP contribution is -2.19. The fraction of sp³-hybridized carbons (Fsp3) is 0.269.